The zero-order valence-electron chi connectivity index (χ0n) is 19.3. The number of carbonyl (C=O) groups excluding carboxylic acids is 1. The summed E-state index contributed by atoms with van der Waals surface area (Å²) in [5.41, 5.74) is -0.377. The van der Waals surface area contributed by atoms with Gasteiger partial charge in [0.1, 0.15) is 12.1 Å². The van der Waals surface area contributed by atoms with Crippen molar-refractivity contribution >= 4 is 22.6 Å². The fourth-order valence-electron chi connectivity index (χ4n) is 6.09. The smallest absolute Gasteiger partial charge is 0.360 e. The van der Waals surface area contributed by atoms with Crippen molar-refractivity contribution < 1.29 is 18.0 Å². The zero-order chi connectivity index (χ0) is 23.7. The molecule has 0 spiro atoms. The van der Waals surface area contributed by atoms with Gasteiger partial charge in [-0.15, -0.1) is 0 Å². The van der Waals surface area contributed by atoms with Gasteiger partial charge in [0, 0.05) is 24.5 Å². The van der Waals surface area contributed by atoms with E-state index in [1.54, 1.807) is 0 Å². The lowest BCUT2D eigenvalue weighted by Crippen LogP contribution is -2.63. The van der Waals surface area contributed by atoms with Gasteiger partial charge in [-0.05, 0) is 55.7 Å². The van der Waals surface area contributed by atoms with Crippen LogP contribution in [-0.2, 0) is 11.0 Å². The van der Waals surface area contributed by atoms with E-state index in [2.05, 4.69) is 25.5 Å². The highest BCUT2D eigenvalue weighted by Crippen LogP contribution is 2.40. The van der Waals surface area contributed by atoms with Gasteiger partial charge in [-0.1, -0.05) is 25.7 Å². The Labute approximate surface area is 197 Å². The van der Waals surface area contributed by atoms with Crippen LogP contribution in [-0.4, -0.2) is 52.5 Å². The number of fused-ring (bicyclic) bond motifs is 1. The lowest BCUT2D eigenvalue weighted by atomic mass is 9.76. The third kappa shape index (κ3) is 5.14. The molecule has 3 aliphatic rings. The molecule has 184 valence electrons. The minimum Gasteiger partial charge on any atom is -0.360 e. The first-order chi connectivity index (χ1) is 16.4. The van der Waals surface area contributed by atoms with Crippen LogP contribution >= 0.6 is 0 Å². The molecule has 2 N–H and O–H groups in total. The molecular weight excluding hydrogens is 443 g/mol. The summed E-state index contributed by atoms with van der Waals surface area (Å²) in [4.78, 5) is 23.0. The molecule has 34 heavy (non-hydrogen) atoms. The van der Waals surface area contributed by atoms with Gasteiger partial charge in [-0.2, -0.15) is 13.2 Å². The zero-order valence-corrected chi connectivity index (χ0v) is 19.3. The summed E-state index contributed by atoms with van der Waals surface area (Å²) in [7, 11) is 0. The Morgan fingerprint density at radius 1 is 1.00 bits per heavy atom. The molecule has 2 heterocycles. The second-order valence-corrected chi connectivity index (χ2v) is 10.1. The molecule has 0 bridgehead atoms. The molecule has 2 aromatic rings. The summed E-state index contributed by atoms with van der Waals surface area (Å²) in [6.45, 7) is 1.69. The average Bonchev–Trinajstić information content (AvgIpc) is 3.34. The van der Waals surface area contributed by atoms with Crippen LogP contribution in [0.25, 0.3) is 10.9 Å². The highest BCUT2D eigenvalue weighted by Gasteiger charge is 2.37. The summed E-state index contributed by atoms with van der Waals surface area (Å²) < 4.78 is 39.2. The number of hydrogen-bond acceptors (Lipinski definition) is 5. The van der Waals surface area contributed by atoms with Crippen molar-refractivity contribution in [2.45, 2.75) is 69.6 Å². The number of nitrogens with zero attached hydrogens (tertiary/aromatic N) is 3. The summed E-state index contributed by atoms with van der Waals surface area (Å²) >= 11 is 0. The molecule has 1 saturated heterocycles. The number of anilines is 1. The van der Waals surface area contributed by atoms with Crippen LogP contribution in [0.3, 0.4) is 0 Å². The maximum atomic E-state index is 13.1. The number of amides is 1. The number of alkyl halides is 3. The minimum absolute atomic E-state index is 0.0502. The van der Waals surface area contributed by atoms with Gasteiger partial charge in [-0.25, -0.2) is 9.97 Å². The van der Waals surface area contributed by atoms with E-state index in [9.17, 15) is 18.0 Å². The minimum atomic E-state index is -4.45. The molecule has 3 fully saturated rings. The van der Waals surface area contributed by atoms with Gasteiger partial charge >= 0.3 is 6.18 Å². The number of aromatic nitrogens is 2. The van der Waals surface area contributed by atoms with E-state index in [4.69, 9.17) is 0 Å². The van der Waals surface area contributed by atoms with Gasteiger partial charge < -0.3 is 10.6 Å². The fourth-order valence-corrected chi connectivity index (χ4v) is 6.09. The quantitative estimate of drug-likeness (QED) is 0.639. The van der Waals surface area contributed by atoms with Crippen molar-refractivity contribution in [3.8, 4) is 0 Å². The van der Waals surface area contributed by atoms with E-state index in [0.717, 1.165) is 37.1 Å². The Morgan fingerprint density at radius 3 is 2.41 bits per heavy atom. The number of benzene rings is 1. The summed E-state index contributed by atoms with van der Waals surface area (Å²) in [6, 6.07) is 4.09. The highest BCUT2D eigenvalue weighted by atomic mass is 19.4. The molecule has 2 saturated carbocycles. The predicted molar refractivity (Wildman–Crippen MR) is 124 cm³/mol. The summed E-state index contributed by atoms with van der Waals surface area (Å²) in [5.74, 6) is 1.92. The SMILES string of the molecule is O=C(CNc1ncnc2ccc(C(F)(F)F)cc12)NC1CN([C@H]2CC[C@H](C3CCCC3)CC2)C1. The van der Waals surface area contributed by atoms with Crippen LogP contribution in [0.15, 0.2) is 24.5 Å². The molecule has 6 nitrogen and oxygen atoms in total. The Bertz CT molecular complexity index is 1010. The van der Waals surface area contributed by atoms with Crippen molar-refractivity contribution in [1.29, 1.82) is 0 Å². The Morgan fingerprint density at radius 2 is 1.71 bits per heavy atom. The van der Waals surface area contributed by atoms with E-state index >= 15 is 0 Å². The summed E-state index contributed by atoms with van der Waals surface area (Å²) in [6.07, 6.45) is 7.72. The van der Waals surface area contributed by atoms with Crippen molar-refractivity contribution in [1.82, 2.24) is 20.2 Å². The van der Waals surface area contributed by atoms with Gasteiger partial charge in [0.15, 0.2) is 0 Å². The van der Waals surface area contributed by atoms with Crippen molar-refractivity contribution in [3.63, 3.8) is 0 Å². The number of carbonyl (C=O) groups is 1. The molecule has 0 radical (unpaired) electrons. The van der Waals surface area contributed by atoms with Gasteiger partial charge in [-0.3, -0.25) is 9.69 Å². The lowest BCUT2D eigenvalue weighted by Gasteiger charge is -2.47. The maximum absolute atomic E-state index is 13.1. The molecule has 1 aliphatic heterocycles. The van der Waals surface area contributed by atoms with E-state index < -0.39 is 11.7 Å². The standard InChI is InChI=1S/C25H32F3N5O/c26-25(27,28)18-7-10-22-21(11-18)24(31-15-30-22)29-12-23(34)32-19-13-33(14-19)20-8-5-17(6-9-20)16-3-1-2-4-16/h7,10-11,15-17,19-20H,1-6,8-9,12-14H2,(H,32,34)(H,29,30,31)/t17-,20-. The first kappa shape index (κ1) is 23.3. The number of rotatable bonds is 6. The van der Waals surface area contributed by atoms with Gasteiger partial charge in [0.2, 0.25) is 5.91 Å². The average molecular weight is 476 g/mol. The van der Waals surface area contributed by atoms with Crippen molar-refractivity contribution in [3.05, 3.63) is 30.1 Å². The first-order valence-corrected chi connectivity index (χ1v) is 12.5. The topological polar surface area (TPSA) is 70.1 Å². The lowest BCUT2D eigenvalue weighted by molar-refractivity contribution is -0.137. The first-order valence-electron chi connectivity index (χ1n) is 12.5. The summed E-state index contributed by atoms with van der Waals surface area (Å²) in [5, 5.41) is 6.15. The molecular formula is C25H32F3N5O. The van der Waals surface area contributed by atoms with Crippen LogP contribution in [0.1, 0.15) is 56.9 Å². The van der Waals surface area contributed by atoms with Gasteiger partial charge in [0.25, 0.3) is 0 Å². The van der Waals surface area contributed by atoms with Crippen LogP contribution in [0.4, 0.5) is 19.0 Å². The van der Waals surface area contributed by atoms with E-state index in [0.29, 0.717) is 11.6 Å². The normalized spacial score (nSPS) is 24.8. The predicted octanol–water partition coefficient (Wildman–Crippen LogP) is 4.61. The second-order valence-electron chi connectivity index (χ2n) is 10.1. The second kappa shape index (κ2) is 9.68. The third-order valence-electron chi connectivity index (χ3n) is 7.98. The molecule has 5 rings (SSSR count). The molecule has 1 aromatic carbocycles. The van der Waals surface area contributed by atoms with Crippen LogP contribution in [0.2, 0.25) is 0 Å². The molecule has 2 aliphatic carbocycles. The molecule has 1 amide bonds. The number of halogens is 3. The molecule has 9 heteroatoms. The van der Waals surface area contributed by atoms with Crippen molar-refractivity contribution in [2.24, 2.45) is 11.8 Å². The van der Waals surface area contributed by atoms with E-state index in [-0.39, 0.29) is 29.7 Å². The van der Waals surface area contributed by atoms with Gasteiger partial charge in [0.05, 0.1) is 23.7 Å². The van der Waals surface area contributed by atoms with E-state index in [1.807, 2.05) is 0 Å². The Balaban J connectivity index is 1.08. The molecule has 1 aromatic heterocycles. The van der Waals surface area contributed by atoms with Crippen LogP contribution < -0.4 is 10.6 Å². The Hall–Kier alpha value is -2.42. The highest BCUT2D eigenvalue weighted by molar-refractivity contribution is 5.91. The number of likely N-dealkylation sites (tertiary alicyclic amines) is 1. The number of hydrogen-bond donors (Lipinski definition) is 2. The van der Waals surface area contributed by atoms with Crippen molar-refractivity contribution in [2.75, 3.05) is 25.0 Å². The largest absolute Gasteiger partial charge is 0.416 e. The van der Waals surface area contributed by atoms with Crippen LogP contribution in [0.5, 0.6) is 0 Å². The number of nitrogens with one attached hydrogen (secondary N) is 2. The third-order valence-corrected chi connectivity index (χ3v) is 7.98. The molecule has 0 unspecified atom stereocenters. The molecule has 0 atom stereocenters. The van der Waals surface area contributed by atoms with Crippen LogP contribution in [0, 0.1) is 11.8 Å². The maximum Gasteiger partial charge on any atom is 0.416 e. The Kier molecular flexibility index (Phi) is 6.64. The monoisotopic (exact) mass is 475 g/mol. The van der Waals surface area contributed by atoms with E-state index in [1.165, 1.54) is 63.8 Å². The fraction of sp³-hybridized carbons (Fsp3) is 0.640.